The van der Waals surface area contributed by atoms with E-state index in [1.54, 1.807) is 11.3 Å². The van der Waals surface area contributed by atoms with Crippen LogP contribution in [0.1, 0.15) is 61.0 Å². The van der Waals surface area contributed by atoms with Crippen LogP contribution in [-0.4, -0.2) is 27.3 Å². The maximum atomic E-state index is 12.9. The summed E-state index contributed by atoms with van der Waals surface area (Å²) >= 11 is 1.68. The lowest BCUT2D eigenvalue weighted by atomic mass is 9.72. The van der Waals surface area contributed by atoms with Crippen molar-refractivity contribution in [3.63, 3.8) is 0 Å². The van der Waals surface area contributed by atoms with Crippen LogP contribution in [0.5, 0.6) is 0 Å². The molecule has 1 aliphatic heterocycles. The lowest BCUT2D eigenvalue weighted by Gasteiger charge is -2.33. The van der Waals surface area contributed by atoms with Gasteiger partial charge < -0.3 is 9.88 Å². The number of fused-ring (bicyclic) bond motifs is 4. The average molecular weight is 450 g/mol. The number of benzene rings is 1. The van der Waals surface area contributed by atoms with Crippen LogP contribution < -0.4 is 5.56 Å². The van der Waals surface area contributed by atoms with Crippen molar-refractivity contribution in [2.24, 2.45) is 11.3 Å². The average Bonchev–Trinajstić information content (AvgIpc) is 3.14. The van der Waals surface area contributed by atoms with E-state index in [0.717, 1.165) is 42.4 Å². The van der Waals surface area contributed by atoms with Gasteiger partial charge in [-0.1, -0.05) is 45.0 Å². The highest BCUT2D eigenvalue weighted by atomic mass is 32.1. The number of amides is 1. The number of H-pyrrole nitrogens is 1. The Bertz CT molecular complexity index is 1230. The van der Waals surface area contributed by atoms with Crippen molar-refractivity contribution in [1.29, 1.82) is 0 Å². The molecule has 0 unspecified atom stereocenters. The van der Waals surface area contributed by atoms with Crippen molar-refractivity contribution >= 4 is 27.5 Å². The molecule has 168 valence electrons. The SMILES string of the molecule is CC(C)(C)[C@@H]1CCc2c(sc3nc(CCC(=O)N4CCc5ccccc5C4)[nH]c(=O)c23)C1. The zero-order valence-electron chi connectivity index (χ0n) is 19.2. The second kappa shape index (κ2) is 8.14. The summed E-state index contributed by atoms with van der Waals surface area (Å²) in [6.07, 6.45) is 4.85. The van der Waals surface area contributed by atoms with Crippen molar-refractivity contribution in [3.05, 3.63) is 62.0 Å². The Balaban J connectivity index is 1.31. The van der Waals surface area contributed by atoms with Gasteiger partial charge in [0, 0.05) is 30.8 Å². The monoisotopic (exact) mass is 449 g/mol. The quantitative estimate of drug-likeness (QED) is 0.633. The molecule has 1 aromatic carbocycles. The summed E-state index contributed by atoms with van der Waals surface area (Å²) in [7, 11) is 0. The zero-order chi connectivity index (χ0) is 22.5. The number of carbonyl (C=O) groups is 1. The fraction of sp³-hybridized carbons (Fsp3) is 0.500. The topological polar surface area (TPSA) is 66.1 Å². The van der Waals surface area contributed by atoms with Gasteiger partial charge in [-0.15, -0.1) is 11.3 Å². The highest BCUT2D eigenvalue weighted by Crippen LogP contribution is 2.42. The summed E-state index contributed by atoms with van der Waals surface area (Å²) in [4.78, 5) is 37.6. The largest absolute Gasteiger partial charge is 0.338 e. The Morgan fingerprint density at radius 2 is 2.00 bits per heavy atom. The molecule has 1 aliphatic carbocycles. The third-order valence-electron chi connectivity index (χ3n) is 7.25. The van der Waals surface area contributed by atoms with Crippen molar-refractivity contribution in [1.82, 2.24) is 14.9 Å². The molecule has 32 heavy (non-hydrogen) atoms. The second-order valence-corrected chi connectivity index (χ2v) is 11.4. The van der Waals surface area contributed by atoms with E-state index in [2.05, 4.69) is 44.0 Å². The van der Waals surface area contributed by atoms with Gasteiger partial charge in [-0.2, -0.15) is 0 Å². The third kappa shape index (κ3) is 4.01. The lowest BCUT2D eigenvalue weighted by Crippen LogP contribution is -2.36. The van der Waals surface area contributed by atoms with Crippen molar-refractivity contribution in [3.8, 4) is 0 Å². The highest BCUT2D eigenvalue weighted by molar-refractivity contribution is 7.18. The van der Waals surface area contributed by atoms with Gasteiger partial charge in [0.1, 0.15) is 10.7 Å². The van der Waals surface area contributed by atoms with Crippen LogP contribution in [0.4, 0.5) is 0 Å². The molecule has 6 heteroatoms. The molecule has 0 radical (unpaired) electrons. The number of thiophene rings is 1. The Hall–Kier alpha value is -2.47. The molecule has 0 saturated carbocycles. The van der Waals surface area contributed by atoms with E-state index in [1.165, 1.54) is 21.6 Å². The van der Waals surface area contributed by atoms with Crippen LogP contribution >= 0.6 is 11.3 Å². The zero-order valence-corrected chi connectivity index (χ0v) is 20.0. The Labute approximate surface area is 192 Å². The number of aromatic nitrogens is 2. The van der Waals surface area contributed by atoms with Crippen LogP contribution in [0.15, 0.2) is 29.1 Å². The van der Waals surface area contributed by atoms with Crippen molar-refractivity contribution in [2.45, 2.75) is 65.8 Å². The van der Waals surface area contributed by atoms with E-state index in [1.807, 2.05) is 11.0 Å². The minimum atomic E-state index is -0.0453. The number of carbonyl (C=O) groups excluding carboxylic acids is 1. The summed E-state index contributed by atoms with van der Waals surface area (Å²) in [6, 6.07) is 8.33. The molecule has 5 rings (SSSR count). The molecule has 0 fully saturated rings. The van der Waals surface area contributed by atoms with Gasteiger partial charge in [0.05, 0.1) is 5.39 Å². The normalized spacial score (nSPS) is 18.5. The summed E-state index contributed by atoms with van der Waals surface area (Å²) in [5.41, 5.74) is 4.00. The molecule has 0 spiro atoms. The predicted octanol–water partition coefficient (Wildman–Crippen LogP) is 4.65. The third-order valence-corrected chi connectivity index (χ3v) is 8.40. The molecular weight excluding hydrogens is 418 g/mol. The number of hydrogen-bond donors (Lipinski definition) is 1. The van der Waals surface area contributed by atoms with E-state index in [4.69, 9.17) is 4.98 Å². The van der Waals surface area contributed by atoms with Gasteiger partial charge in [-0.3, -0.25) is 9.59 Å². The van der Waals surface area contributed by atoms with Crippen LogP contribution in [0.2, 0.25) is 0 Å². The van der Waals surface area contributed by atoms with Gasteiger partial charge in [-0.05, 0) is 53.7 Å². The maximum absolute atomic E-state index is 12.9. The first-order valence-corrected chi connectivity index (χ1v) is 12.5. The number of nitrogens with zero attached hydrogens (tertiary/aromatic N) is 2. The smallest absolute Gasteiger partial charge is 0.259 e. The number of hydrogen-bond acceptors (Lipinski definition) is 4. The summed E-state index contributed by atoms with van der Waals surface area (Å²) in [5.74, 6) is 1.38. The van der Waals surface area contributed by atoms with E-state index >= 15 is 0 Å². The molecule has 3 aromatic rings. The molecule has 5 nitrogen and oxygen atoms in total. The number of nitrogens with one attached hydrogen (secondary N) is 1. The molecule has 1 amide bonds. The van der Waals surface area contributed by atoms with Crippen LogP contribution in [0.3, 0.4) is 0 Å². The van der Waals surface area contributed by atoms with Crippen LogP contribution in [-0.2, 0) is 37.0 Å². The molecule has 2 aliphatic rings. The number of aromatic amines is 1. The molecule has 1 atom stereocenters. The molecule has 1 N–H and O–H groups in total. The van der Waals surface area contributed by atoms with Gasteiger partial charge in [0.2, 0.25) is 5.91 Å². The standard InChI is InChI=1S/C26H31N3O2S/c1-26(2,3)18-8-9-19-20(14-18)32-25-23(19)24(31)27-21(28-25)10-11-22(30)29-13-12-16-6-4-5-7-17(16)15-29/h4-7,18H,8-15H2,1-3H3,(H,27,28,31)/t18-/m1/s1. The fourth-order valence-corrected chi connectivity index (χ4v) is 6.50. The van der Waals surface area contributed by atoms with Crippen LogP contribution in [0, 0.1) is 11.3 Å². The van der Waals surface area contributed by atoms with Gasteiger partial charge >= 0.3 is 0 Å². The Kier molecular flexibility index (Phi) is 5.44. The first-order valence-electron chi connectivity index (χ1n) is 11.7. The van der Waals surface area contributed by atoms with Gasteiger partial charge in [0.15, 0.2) is 0 Å². The van der Waals surface area contributed by atoms with Gasteiger partial charge in [-0.25, -0.2) is 4.98 Å². The Morgan fingerprint density at radius 1 is 1.22 bits per heavy atom. The molecule has 0 bridgehead atoms. The van der Waals surface area contributed by atoms with E-state index in [9.17, 15) is 9.59 Å². The van der Waals surface area contributed by atoms with E-state index in [0.29, 0.717) is 31.1 Å². The van der Waals surface area contributed by atoms with Crippen LogP contribution in [0.25, 0.3) is 10.2 Å². The van der Waals surface area contributed by atoms with Crippen molar-refractivity contribution in [2.75, 3.05) is 6.54 Å². The van der Waals surface area contributed by atoms with E-state index in [-0.39, 0.29) is 16.9 Å². The maximum Gasteiger partial charge on any atom is 0.259 e. The summed E-state index contributed by atoms with van der Waals surface area (Å²) in [6.45, 7) is 8.33. The lowest BCUT2D eigenvalue weighted by molar-refractivity contribution is -0.132. The first kappa shape index (κ1) is 21.4. The first-order chi connectivity index (χ1) is 15.3. The predicted molar refractivity (Wildman–Crippen MR) is 129 cm³/mol. The highest BCUT2D eigenvalue weighted by Gasteiger charge is 2.31. The molecule has 3 heterocycles. The fourth-order valence-electron chi connectivity index (χ4n) is 5.18. The van der Waals surface area contributed by atoms with Gasteiger partial charge in [0.25, 0.3) is 5.56 Å². The minimum absolute atomic E-state index is 0.0453. The molecule has 2 aromatic heterocycles. The Morgan fingerprint density at radius 3 is 2.78 bits per heavy atom. The number of rotatable bonds is 3. The summed E-state index contributed by atoms with van der Waals surface area (Å²) < 4.78 is 0. The summed E-state index contributed by atoms with van der Waals surface area (Å²) in [5, 5.41) is 0.778. The van der Waals surface area contributed by atoms with Crippen molar-refractivity contribution < 1.29 is 4.79 Å². The minimum Gasteiger partial charge on any atom is -0.338 e. The number of aryl methyl sites for hydroxylation is 2. The molecular formula is C26H31N3O2S. The second-order valence-electron chi connectivity index (χ2n) is 10.3. The molecule has 0 saturated heterocycles. The van der Waals surface area contributed by atoms with E-state index < -0.39 is 0 Å².